The lowest BCUT2D eigenvalue weighted by atomic mass is 10.2. The first-order chi connectivity index (χ1) is 18.0. The van der Waals surface area contributed by atoms with E-state index in [-0.39, 0.29) is 25.6 Å². The maximum absolute atomic E-state index is 12.8. The van der Waals surface area contributed by atoms with Gasteiger partial charge >= 0.3 is 12.1 Å². The van der Waals surface area contributed by atoms with Crippen molar-refractivity contribution in [2.45, 2.75) is 18.4 Å². The van der Waals surface area contributed by atoms with Crippen LogP contribution in [0, 0.1) is 0 Å². The Kier molecular flexibility index (Phi) is 9.04. The van der Waals surface area contributed by atoms with E-state index in [2.05, 4.69) is 0 Å². The molecule has 3 aromatic carbocycles. The molecule has 0 bridgehead atoms. The molecule has 0 spiro atoms. The molecule has 2 amide bonds. The highest BCUT2D eigenvalue weighted by Gasteiger charge is 2.24. The van der Waals surface area contributed by atoms with Gasteiger partial charge in [-0.25, -0.2) is 4.79 Å². The summed E-state index contributed by atoms with van der Waals surface area (Å²) in [6.07, 6.45) is -0.649. The van der Waals surface area contributed by atoms with E-state index in [1.54, 1.807) is 60.0 Å². The molecule has 0 saturated carbocycles. The van der Waals surface area contributed by atoms with E-state index in [1.165, 1.54) is 4.90 Å². The van der Waals surface area contributed by atoms with Crippen molar-refractivity contribution in [2.75, 3.05) is 37.0 Å². The summed E-state index contributed by atoms with van der Waals surface area (Å²) in [4.78, 5) is 41.4. The lowest BCUT2D eigenvalue weighted by molar-refractivity contribution is -0.144. The molecule has 8 nitrogen and oxygen atoms in total. The van der Waals surface area contributed by atoms with Crippen molar-refractivity contribution in [3.63, 3.8) is 0 Å². The third-order valence-electron chi connectivity index (χ3n) is 5.52. The molecule has 0 unspecified atom stereocenters. The Labute approximate surface area is 220 Å². The molecule has 1 aliphatic rings. The van der Waals surface area contributed by atoms with Crippen LogP contribution in [-0.2, 0) is 20.9 Å². The van der Waals surface area contributed by atoms with Gasteiger partial charge in [-0.1, -0.05) is 42.5 Å². The molecule has 0 aromatic heterocycles. The van der Waals surface area contributed by atoms with Gasteiger partial charge in [0.2, 0.25) is 5.91 Å². The summed E-state index contributed by atoms with van der Waals surface area (Å²) in [7, 11) is 0. The molecule has 37 heavy (non-hydrogen) atoms. The zero-order chi connectivity index (χ0) is 26.0. The number of para-hydroxylation sites is 2. The molecule has 9 heteroatoms. The molecule has 0 atom stereocenters. The monoisotopic (exact) mass is 520 g/mol. The molecule has 1 heterocycles. The Morgan fingerprint density at radius 3 is 2.43 bits per heavy atom. The first-order valence-corrected chi connectivity index (χ1v) is 12.9. The number of nitrogens with zero attached hydrogens (tertiary/aromatic N) is 2. The molecule has 192 valence electrons. The summed E-state index contributed by atoms with van der Waals surface area (Å²) in [6, 6.07) is 23.7. The number of anilines is 1. The smallest absolute Gasteiger partial charge is 0.416 e. The third kappa shape index (κ3) is 7.27. The van der Waals surface area contributed by atoms with E-state index in [0.29, 0.717) is 30.4 Å². The fourth-order valence-corrected chi connectivity index (χ4v) is 4.70. The van der Waals surface area contributed by atoms with Gasteiger partial charge in [0.25, 0.3) is 0 Å². The maximum Gasteiger partial charge on any atom is 0.416 e. The molecule has 3 aromatic rings. The number of thioether (sulfide) groups is 1. The second kappa shape index (κ2) is 12.8. The second-order valence-corrected chi connectivity index (χ2v) is 9.15. The first-order valence-electron chi connectivity index (χ1n) is 11.9. The summed E-state index contributed by atoms with van der Waals surface area (Å²) in [5.74, 6) is 0.991. The molecular weight excluding hydrogens is 492 g/mol. The number of benzene rings is 3. The van der Waals surface area contributed by atoms with Crippen LogP contribution in [0.25, 0.3) is 0 Å². The third-order valence-corrected chi connectivity index (χ3v) is 6.57. The number of hydrogen-bond acceptors (Lipinski definition) is 7. The Balaban J connectivity index is 1.35. The maximum atomic E-state index is 12.8. The number of carbonyl (C=O) groups is 3. The second-order valence-electron chi connectivity index (χ2n) is 8.14. The van der Waals surface area contributed by atoms with Crippen LogP contribution in [0.1, 0.15) is 12.5 Å². The van der Waals surface area contributed by atoms with E-state index in [9.17, 15) is 14.4 Å². The van der Waals surface area contributed by atoms with Gasteiger partial charge in [0.1, 0.15) is 24.7 Å². The minimum atomic E-state index is -0.649. The molecule has 0 aliphatic carbocycles. The number of esters is 1. The molecule has 1 aliphatic heterocycles. The molecule has 4 rings (SSSR count). The van der Waals surface area contributed by atoms with Crippen LogP contribution >= 0.6 is 11.8 Å². The van der Waals surface area contributed by atoms with Gasteiger partial charge in [-0.05, 0) is 48.9 Å². The molecule has 0 radical (unpaired) electrons. The molecule has 0 saturated heterocycles. The van der Waals surface area contributed by atoms with E-state index in [4.69, 9.17) is 14.2 Å². The summed E-state index contributed by atoms with van der Waals surface area (Å²) >= 11 is 1.55. The lowest BCUT2D eigenvalue weighted by Crippen LogP contribution is -2.38. The Hall–Kier alpha value is -3.98. The van der Waals surface area contributed by atoms with Gasteiger partial charge in [0, 0.05) is 11.4 Å². The highest BCUT2D eigenvalue weighted by atomic mass is 32.2. The van der Waals surface area contributed by atoms with Gasteiger partial charge < -0.3 is 19.1 Å². The van der Waals surface area contributed by atoms with Crippen molar-refractivity contribution < 1.29 is 28.6 Å². The topological polar surface area (TPSA) is 85.4 Å². The number of ether oxygens (including phenoxy) is 3. The Bertz CT molecular complexity index is 1220. The number of amides is 2. The van der Waals surface area contributed by atoms with Gasteiger partial charge in [-0.2, -0.15) is 0 Å². The average molecular weight is 521 g/mol. The fraction of sp³-hybridized carbons (Fsp3) is 0.250. The standard InChI is InChI=1S/C28H28N2O6S/c1-2-34-27(32)19-29(28(33)36-23-8-4-3-5-9-23)18-21-12-14-22(15-13-21)35-17-16-30-24-10-6-7-11-25(24)37-20-26(30)31/h3-15H,2,16-20H2,1H3. The van der Waals surface area contributed by atoms with Crippen molar-refractivity contribution >= 4 is 35.4 Å². The van der Waals surface area contributed by atoms with E-state index < -0.39 is 12.1 Å². The predicted molar refractivity (Wildman–Crippen MR) is 141 cm³/mol. The van der Waals surface area contributed by atoms with Crippen LogP contribution in [0.5, 0.6) is 11.5 Å². The summed E-state index contributed by atoms with van der Waals surface area (Å²) in [5, 5.41) is 0. The van der Waals surface area contributed by atoms with Crippen molar-refractivity contribution in [1.82, 2.24) is 4.90 Å². The quantitative estimate of drug-likeness (QED) is 0.356. The minimum Gasteiger partial charge on any atom is -0.492 e. The molecular formula is C28H28N2O6S. The number of carbonyl (C=O) groups excluding carboxylic acids is 3. The van der Waals surface area contributed by atoms with E-state index >= 15 is 0 Å². The summed E-state index contributed by atoms with van der Waals surface area (Å²) in [5.41, 5.74) is 1.70. The Morgan fingerprint density at radius 2 is 1.68 bits per heavy atom. The summed E-state index contributed by atoms with van der Waals surface area (Å²) < 4.78 is 16.3. The normalized spacial score (nSPS) is 12.5. The first kappa shape index (κ1) is 26.1. The molecule has 0 fully saturated rings. The van der Waals surface area contributed by atoms with Crippen LogP contribution in [0.2, 0.25) is 0 Å². The Morgan fingerprint density at radius 1 is 0.946 bits per heavy atom. The van der Waals surface area contributed by atoms with Crippen LogP contribution in [0.4, 0.5) is 10.5 Å². The van der Waals surface area contributed by atoms with Gasteiger partial charge in [-0.15, -0.1) is 11.8 Å². The lowest BCUT2D eigenvalue weighted by Gasteiger charge is -2.28. The highest BCUT2D eigenvalue weighted by Crippen LogP contribution is 2.34. The summed E-state index contributed by atoms with van der Waals surface area (Å²) in [6.45, 7) is 2.63. The zero-order valence-corrected chi connectivity index (χ0v) is 21.3. The minimum absolute atomic E-state index is 0.0618. The number of hydrogen-bond donors (Lipinski definition) is 0. The van der Waals surface area contributed by atoms with E-state index in [0.717, 1.165) is 16.1 Å². The van der Waals surface area contributed by atoms with Crippen molar-refractivity contribution in [3.05, 3.63) is 84.4 Å². The van der Waals surface area contributed by atoms with Crippen molar-refractivity contribution in [2.24, 2.45) is 0 Å². The highest BCUT2D eigenvalue weighted by molar-refractivity contribution is 8.00. The fourth-order valence-electron chi connectivity index (χ4n) is 3.77. The van der Waals surface area contributed by atoms with Gasteiger partial charge in [0.15, 0.2) is 0 Å². The van der Waals surface area contributed by atoms with Crippen LogP contribution in [0.15, 0.2) is 83.8 Å². The van der Waals surface area contributed by atoms with Crippen molar-refractivity contribution in [1.29, 1.82) is 0 Å². The molecule has 0 N–H and O–H groups in total. The largest absolute Gasteiger partial charge is 0.492 e. The van der Waals surface area contributed by atoms with Crippen LogP contribution in [-0.4, -0.2) is 54.9 Å². The average Bonchev–Trinajstić information content (AvgIpc) is 2.91. The zero-order valence-electron chi connectivity index (χ0n) is 20.5. The van der Waals surface area contributed by atoms with Gasteiger partial charge in [0.05, 0.1) is 24.6 Å². The van der Waals surface area contributed by atoms with E-state index in [1.807, 2.05) is 42.5 Å². The van der Waals surface area contributed by atoms with Gasteiger partial charge in [-0.3, -0.25) is 14.5 Å². The number of rotatable bonds is 10. The predicted octanol–water partition coefficient (Wildman–Crippen LogP) is 4.77. The van der Waals surface area contributed by atoms with Crippen molar-refractivity contribution in [3.8, 4) is 11.5 Å². The number of fused-ring (bicyclic) bond motifs is 1. The van der Waals surface area contributed by atoms with Crippen LogP contribution < -0.4 is 14.4 Å². The SMILES string of the molecule is CCOC(=O)CN(Cc1ccc(OCCN2C(=O)CSc3ccccc32)cc1)C(=O)Oc1ccccc1. The van der Waals surface area contributed by atoms with Crippen LogP contribution in [0.3, 0.4) is 0 Å².